The predicted octanol–water partition coefficient (Wildman–Crippen LogP) is 0.919. The van der Waals surface area contributed by atoms with Crippen molar-refractivity contribution in [1.82, 2.24) is 4.90 Å². The van der Waals surface area contributed by atoms with Crippen LogP contribution >= 0.6 is 0 Å². The highest BCUT2D eigenvalue weighted by Crippen LogP contribution is 2.23. The van der Waals surface area contributed by atoms with E-state index in [1.807, 2.05) is 11.9 Å². The fourth-order valence-corrected chi connectivity index (χ4v) is 1.70. The Morgan fingerprint density at radius 2 is 2.25 bits per heavy atom. The first kappa shape index (κ1) is 16.3. The number of amides is 1. The van der Waals surface area contributed by atoms with Crippen molar-refractivity contribution in [3.05, 3.63) is 18.2 Å². The van der Waals surface area contributed by atoms with E-state index in [-0.39, 0.29) is 18.6 Å². The fraction of sp³-hybridized carbons (Fsp3) is 0.500. The number of rotatable bonds is 7. The molecule has 20 heavy (non-hydrogen) atoms. The minimum absolute atomic E-state index is 0.144. The molecule has 0 bridgehead atoms. The van der Waals surface area contributed by atoms with E-state index in [0.29, 0.717) is 30.1 Å². The monoisotopic (exact) mass is 281 g/mol. The molecule has 112 valence electrons. The fourth-order valence-electron chi connectivity index (χ4n) is 1.70. The molecule has 1 aromatic rings. The number of nitrogens with two attached hydrogens (primary N) is 1. The maximum atomic E-state index is 11.9. The number of likely N-dealkylation sites (N-methyl/N-ethyl adjacent to an activating group) is 1. The largest absolute Gasteiger partial charge is 0.497 e. The van der Waals surface area contributed by atoms with Gasteiger partial charge in [0.2, 0.25) is 5.91 Å². The Morgan fingerprint density at radius 1 is 1.55 bits per heavy atom. The van der Waals surface area contributed by atoms with Gasteiger partial charge >= 0.3 is 0 Å². The Labute approximate surface area is 119 Å². The number of methoxy groups -OCH3 is 1. The van der Waals surface area contributed by atoms with Gasteiger partial charge in [-0.1, -0.05) is 0 Å². The number of nitrogens with zero attached hydrogens (tertiary/aromatic N) is 1. The molecule has 1 rings (SSSR count). The van der Waals surface area contributed by atoms with Crippen LogP contribution in [-0.4, -0.2) is 49.3 Å². The highest BCUT2D eigenvalue weighted by molar-refractivity contribution is 5.95. The van der Waals surface area contributed by atoms with E-state index in [0.717, 1.165) is 0 Å². The molecular weight excluding hydrogens is 258 g/mol. The van der Waals surface area contributed by atoms with Crippen LogP contribution < -0.4 is 15.8 Å². The van der Waals surface area contributed by atoms with Crippen LogP contribution in [0.1, 0.15) is 13.3 Å². The Hall–Kier alpha value is -1.79. The summed E-state index contributed by atoms with van der Waals surface area (Å²) in [5.41, 5.74) is 6.86. The van der Waals surface area contributed by atoms with E-state index in [2.05, 4.69) is 5.32 Å². The lowest BCUT2D eigenvalue weighted by atomic mass is 10.2. The molecule has 0 spiro atoms. The third-order valence-corrected chi connectivity index (χ3v) is 2.87. The number of nitrogens with one attached hydrogen (secondary N) is 1. The van der Waals surface area contributed by atoms with E-state index >= 15 is 0 Å². The number of benzene rings is 1. The quantitative estimate of drug-likeness (QED) is 0.647. The molecule has 0 aliphatic rings. The average molecular weight is 281 g/mol. The normalized spacial score (nSPS) is 12.2. The molecule has 0 aromatic heterocycles. The van der Waals surface area contributed by atoms with E-state index in [1.54, 1.807) is 32.2 Å². The zero-order chi connectivity index (χ0) is 15.1. The number of aliphatic hydroxyl groups is 1. The summed E-state index contributed by atoms with van der Waals surface area (Å²) < 4.78 is 5.05. The summed E-state index contributed by atoms with van der Waals surface area (Å²) in [6, 6.07) is 5.11. The summed E-state index contributed by atoms with van der Waals surface area (Å²) in [5.74, 6) is 0.504. The van der Waals surface area contributed by atoms with Crippen LogP contribution in [0.4, 0.5) is 11.4 Å². The Kier molecular flexibility index (Phi) is 6.27. The number of hydrogen-bond acceptors (Lipinski definition) is 5. The first-order valence-corrected chi connectivity index (χ1v) is 6.52. The van der Waals surface area contributed by atoms with Gasteiger partial charge < -0.3 is 20.9 Å². The van der Waals surface area contributed by atoms with Crippen molar-refractivity contribution in [3.63, 3.8) is 0 Å². The molecular formula is C14H23N3O3. The molecule has 6 heteroatoms. The lowest BCUT2D eigenvalue weighted by Crippen LogP contribution is -2.32. The van der Waals surface area contributed by atoms with Crippen LogP contribution in [0, 0.1) is 0 Å². The van der Waals surface area contributed by atoms with Gasteiger partial charge in [-0.3, -0.25) is 9.69 Å². The summed E-state index contributed by atoms with van der Waals surface area (Å²) in [5, 5.41) is 12.0. The van der Waals surface area contributed by atoms with Gasteiger partial charge in [0.15, 0.2) is 0 Å². The zero-order valence-corrected chi connectivity index (χ0v) is 12.2. The summed E-state index contributed by atoms with van der Waals surface area (Å²) in [6.45, 7) is 2.63. The molecule has 6 nitrogen and oxygen atoms in total. The van der Waals surface area contributed by atoms with Crippen molar-refractivity contribution < 1.29 is 14.6 Å². The predicted molar refractivity (Wildman–Crippen MR) is 79.8 cm³/mol. The SMILES string of the molecule is COc1ccc(NC(=O)CN(C)CCC(C)O)c(N)c1. The van der Waals surface area contributed by atoms with Crippen LogP contribution in [0.2, 0.25) is 0 Å². The van der Waals surface area contributed by atoms with Crippen molar-refractivity contribution in [3.8, 4) is 5.75 Å². The minimum atomic E-state index is -0.363. The molecule has 1 unspecified atom stereocenters. The van der Waals surface area contributed by atoms with Gasteiger partial charge in [-0.15, -0.1) is 0 Å². The Balaban J connectivity index is 2.49. The molecule has 0 radical (unpaired) electrons. The first-order valence-electron chi connectivity index (χ1n) is 6.52. The number of carbonyl (C=O) groups is 1. The van der Waals surface area contributed by atoms with E-state index in [4.69, 9.17) is 10.5 Å². The maximum Gasteiger partial charge on any atom is 0.238 e. The molecule has 1 atom stereocenters. The molecule has 0 aliphatic heterocycles. The third kappa shape index (κ3) is 5.46. The standard InChI is InChI=1S/C14H23N3O3/c1-10(18)6-7-17(2)9-14(19)16-13-5-4-11(20-3)8-12(13)15/h4-5,8,10,18H,6-7,9,15H2,1-3H3,(H,16,19). The zero-order valence-electron chi connectivity index (χ0n) is 12.2. The van der Waals surface area contributed by atoms with Crippen molar-refractivity contribution in [2.75, 3.05) is 38.3 Å². The van der Waals surface area contributed by atoms with Crippen molar-refractivity contribution in [1.29, 1.82) is 0 Å². The smallest absolute Gasteiger partial charge is 0.238 e. The van der Waals surface area contributed by atoms with Crippen molar-refractivity contribution in [2.45, 2.75) is 19.4 Å². The van der Waals surface area contributed by atoms with Gasteiger partial charge in [-0.05, 0) is 32.5 Å². The molecule has 0 saturated carbocycles. The molecule has 4 N–H and O–H groups in total. The summed E-state index contributed by atoms with van der Waals surface area (Å²) in [6.07, 6.45) is 0.270. The van der Waals surface area contributed by atoms with Crippen LogP contribution in [0.15, 0.2) is 18.2 Å². The van der Waals surface area contributed by atoms with E-state index in [9.17, 15) is 9.90 Å². The average Bonchev–Trinajstić information content (AvgIpc) is 2.38. The second kappa shape index (κ2) is 7.72. The number of aliphatic hydroxyl groups excluding tert-OH is 1. The van der Waals surface area contributed by atoms with Crippen molar-refractivity contribution >= 4 is 17.3 Å². The van der Waals surface area contributed by atoms with Gasteiger partial charge in [-0.2, -0.15) is 0 Å². The van der Waals surface area contributed by atoms with Gasteiger partial charge in [0, 0.05) is 12.6 Å². The number of nitrogen functional groups attached to an aromatic ring is 1. The van der Waals surface area contributed by atoms with Gasteiger partial charge in [-0.25, -0.2) is 0 Å². The highest BCUT2D eigenvalue weighted by Gasteiger charge is 2.09. The van der Waals surface area contributed by atoms with Crippen LogP contribution in [0.5, 0.6) is 5.75 Å². The number of hydrogen-bond donors (Lipinski definition) is 3. The lowest BCUT2D eigenvalue weighted by molar-refractivity contribution is -0.117. The molecule has 0 fully saturated rings. The summed E-state index contributed by atoms with van der Waals surface area (Å²) >= 11 is 0. The van der Waals surface area contributed by atoms with Crippen molar-refractivity contribution in [2.24, 2.45) is 0 Å². The summed E-state index contributed by atoms with van der Waals surface area (Å²) in [4.78, 5) is 13.7. The topological polar surface area (TPSA) is 87.8 Å². The molecule has 0 aliphatic carbocycles. The third-order valence-electron chi connectivity index (χ3n) is 2.87. The van der Waals surface area contributed by atoms with Crippen LogP contribution in [0.3, 0.4) is 0 Å². The Bertz CT molecular complexity index is 449. The van der Waals surface area contributed by atoms with Gasteiger partial charge in [0.25, 0.3) is 0 Å². The van der Waals surface area contributed by atoms with E-state index in [1.165, 1.54) is 0 Å². The van der Waals surface area contributed by atoms with Gasteiger partial charge in [0.1, 0.15) is 5.75 Å². The molecule has 0 heterocycles. The maximum absolute atomic E-state index is 11.9. The second-order valence-corrected chi connectivity index (χ2v) is 4.88. The van der Waals surface area contributed by atoms with Crippen LogP contribution in [0.25, 0.3) is 0 Å². The molecule has 1 amide bonds. The van der Waals surface area contributed by atoms with Gasteiger partial charge in [0.05, 0.1) is 31.1 Å². The van der Waals surface area contributed by atoms with E-state index < -0.39 is 0 Å². The number of ether oxygens (including phenoxy) is 1. The Morgan fingerprint density at radius 3 is 2.80 bits per heavy atom. The first-order chi connectivity index (χ1) is 9.42. The summed E-state index contributed by atoms with van der Waals surface area (Å²) in [7, 11) is 3.39. The second-order valence-electron chi connectivity index (χ2n) is 4.88. The minimum Gasteiger partial charge on any atom is -0.497 e. The lowest BCUT2D eigenvalue weighted by Gasteiger charge is -2.17. The molecule has 1 aromatic carbocycles. The highest BCUT2D eigenvalue weighted by atomic mass is 16.5. The number of carbonyl (C=O) groups excluding carboxylic acids is 1. The van der Waals surface area contributed by atoms with Crippen LogP contribution in [-0.2, 0) is 4.79 Å². The number of anilines is 2. The molecule has 0 saturated heterocycles.